The minimum absolute atomic E-state index is 0. The fourth-order valence-electron chi connectivity index (χ4n) is 2.96. The van der Waals surface area contributed by atoms with Crippen LogP contribution in [0.2, 0.25) is 0 Å². The van der Waals surface area contributed by atoms with Crippen LogP contribution in [0.3, 0.4) is 0 Å². The molecule has 0 radical (unpaired) electrons. The molecule has 0 fully saturated rings. The molecule has 138 valence electrons. The number of halogens is 1. The highest BCUT2D eigenvalue weighted by Crippen LogP contribution is 2.14. The molecule has 0 aliphatic carbocycles. The van der Waals surface area contributed by atoms with Crippen molar-refractivity contribution < 1.29 is 0 Å². The van der Waals surface area contributed by atoms with Gasteiger partial charge < -0.3 is 15.2 Å². The zero-order valence-electron chi connectivity index (χ0n) is 15.3. The van der Waals surface area contributed by atoms with E-state index in [1.54, 1.807) is 0 Å². The van der Waals surface area contributed by atoms with Gasteiger partial charge in [-0.2, -0.15) is 0 Å². The zero-order valence-corrected chi connectivity index (χ0v) is 17.7. The van der Waals surface area contributed by atoms with Gasteiger partial charge in [0.15, 0.2) is 5.96 Å². The van der Waals surface area contributed by atoms with E-state index in [0.29, 0.717) is 0 Å². The van der Waals surface area contributed by atoms with Crippen molar-refractivity contribution in [2.24, 2.45) is 10.9 Å². The monoisotopic (exact) mass is 448 g/mol. The molecule has 0 spiro atoms. The van der Waals surface area contributed by atoms with Gasteiger partial charge >= 0.3 is 0 Å². The SMILES string of the molecule is CN=C(NCCCC(C)C)NCCc1nnc2n1CCCCC2.I. The average Bonchev–Trinajstić information content (AvgIpc) is 2.77. The molecule has 0 bridgehead atoms. The number of hydrogen-bond acceptors (Lipinski definition) is 3. The first kappa shape index (κ1) is 21.2. The van der Waals surface area contributed by atoms with Gasteiger partial charge in [-0.1, -0.05) is 20.3 Å². The molecule has 1 aliphatic heterocycles. The third-order valence-corrected chi connectivity index (χ3v) is 4.30. The maximum atomic E-state index is 4.37. The molecule has 7 heteroatoms. The van der Waals surface area contributed by atoms with E-state index in [9.17, 15) is 0 Å². The molecular weight excluding hydrogens is 415 g/mol. The summed E-state index contributed by atoms with van der Waals surface area (Å²) in [6, 6.07) is 0. The molecule has 0 amide bonds. The van der Waals surface area contributed by atoms with Crippen molar-refractivity contribution in [3.8, 4) is 0 Å². The lowest BCUT2D eigenvalue weighted by atomic mass is 10.1. The lowest BCUT2D eigenvalue weighted by Gasteiger charge is -2.12. The number of rotatable bonds is 7. The molecule has 0 atom stereocenters. The van der Waals surface area contributed by atoms with Crippen LogP contribution in [0.25, 0.3) is 0 Å². The standard InChI is InChI=1S/C17H32N6.HI/c1-14(2)8-7-11-19-17(18-3)20-12-10-16-22-21-15-9-5-4-6-13-23(15)16;/h14H,4-13H2,1-3H3,(H2,18,19,20);1H. The van der Waals surface area contributed by atoms with E-state index in [1.807, 2.05) is 7.05 Å². The summed E-state index contributed by atoms with van der Waals surface area (Å²) in [6.45, 7) is 7.39. The molecule has 1 aromatic rings. The van der Waals surface area contributed by atoms with Crippen molar-refractivity contribution in [3.05, 3.63) is 11.6 Å². The van der Waals surface area contributed by atoms with Crippen LogP contribution in [0.4, 0.5) is 0 Å². The van der Waals surface area contributed by atoms with Gasteiger partial charge in [0.25, 0.3) is 0 Å². The first-order chi connectivity index (χ1) is 11.2. The summed E-state index contributed by atoms with van der Waals surface area (Å²) >= 11 is 0. The number of hydrogen-bond donors (Lipinski definition) is 2. The van der Waals surface area contributed by atoms with Crippen molar-refractivity contribution in [1.29, 1.82) is 0 Å². The van der Waals surface area contributed by atoms with Crippen LogP contribution >= 0.6 is 24.0 Å². The Bertz CT molecular complexity index is 497. The Morgan fingerprint density at radius 3 is 2.71 bits per heavy atom. The Balaban J connectivity index is 0.00000288. The molecule has 0 saturated heterocycles. The predicted molar refractivity (Wildman–Crippen MR) is 110 cm³/mol. The fourth-order valence-corrected chi connectivity index (χ4v) is 2.96. The highest BCUT2D eigenvalue weighted by atomic mass is 127. The lowest BCUT2D eigenvalue weighted by molar-refractivity contribution is 0.549. The van der Waals surface area contributed by atoms with Crippen molar-refractivity contribution in [3.63, 3.8) is 0 Å². The Morgan fingerprint density at radius 2 is 1.96 bits per heavy atom. The molecule has 0 saturated carbocycles. The Labute approximate surface area is 163 Å². The van der Waals surface area contributed by atoms with E-state index < -0.39 is 0 Å². The molecule has 24 heavy (non-hydrogen) atoms. The number of nitrogens with one attached hydrogen (secondary N) is 2. The highest BCUT2D eigenvalue weighted by molar-refractivity contribution is 14.0. The van der Waals surface area contributed by atoms with Crippen LogP contribution in [-0.4, -0.2) is 40.9 Å². The van der Waals surface area contributed by atoms with E-state index in [2.05, 4.69) is 44.2 Å². The summed E-state index contributed by atoms with van der Waals surface area (Å²) < 4.78 is 2.31. The minimum atomic E-state index is 0. The van der Waals surface area contributed by atoms with Gasteiger partial charge in [0.2, 0.25) is 0 Å². The van der Waals surface area contributed by atoms with Gasteiger partial charge in [0, 0.05) is 39.5 Å². The van der Waals surface area contributed by atoms with Crippen LogP contribution in [0, 0.1) is 5.92 Å². The normalized spacial score (nSPS) is 14.8. The van der Waals surface area contributed by atoms with Crippen LogP contribution in [0.15, 0.2) is 4.99 Å². The first-order valence-electron chi connectivity index (χ1n) is 9.06. The fraction of sp³-hybridized carbons (Fsp3) is 0.824. The Morgan fingerprint density at radius 1 is 1.17 bits per heavy atom. The van der Waals surface area contributed by atoms with Crippen molar-refractivity contribution in [2.45, 2.75) is 65.3 Å². The van der Waals surface area contributed by atoms with E-state index in [-0.39, 0.29) is 24.0 Å². The number of aromatic nitrogens is 3. The largest absolute Gasteiger partial charge is 0.356 e. The second-order valence-electron chi connectivity index (χ2n) is 6.71. The summed E-state index contributed by atoms with van der Waals surface area (Å²) in [5.74, 6) is 3.90. The number of nitrogens with zero attached hydrogens (tertiary/aromatic N) is 4. The maximum Gasteiger partial charge on any atom is 0.190 e. The molecular formula is C17H33IN6. The molecule has 1 aliphatic rings. The van der Waals surface area contributed by atoms with E-state index >= 15 is 0 Å². The molecule has 2 heterocycles. The van der Waals surface area contributed by atoms with Gasteiger partial charge in [0.05, 0.1) is 0 Å². The third-order valence-electron chi connectivity index (χ3n) is 4.30. The second-order valence-corrected chi connectivity index (χ2v) is 6.71. The number of guanidine groups is 1. The smallest absolute Gasteiger partial charge is 0.190 e. The second kappa shape index (κ2) is 11.7. The van der Waals surface area contributed by atoms with E-state index in [4.69, 9.17) is 0 Å². The van der Waals surface area contributed by atoms with E-state index in [0.717, 1.165) is 56.0 Å². The average molecular weight is 448 g/mol. The van der Waals surface area contributed by atoms with Gasteiger partial charge in [0.1, 0.15) is 11.6 Å². The Hall–Kier alpha value is -0.860. The summed E-state index contributed by atoms with van der Waals surface area (Å²) in [5.41, 5.74) is 0. The van der Waals surface area contributed by atoms with E-state index in [1.165, 1.54) is 32.1 Å². The zero-order chi connectivity index (χ0) is 16.5. The van der Waals surface area contributed by atoms with Crippen LogP contribution in [0.5, 0.6) is 0 Å². The van der Waals surface area contributed by atoms with Gasteiger partial charge in [-0.25, -0.2) is 0 Å². The third kappa shape index (κ3) is 6.94. The molecule has 0 unspecified atom stereocenters. The lowest BCUT2D eigenvalue weighted by Crippen LogP contribution is -2.39. The first-order valence-corrected chi connectivity index (χ1v) is 9.06. The molecule has 1 aromatic heterocycles. The van der Waals surface area contributed by atoms with Crippen LogP contribution in [-0.2, 0) is 19.4 Å². The number of aliphatic imine (C=N–C) groups is 1. The topological polar surface area (TPSA) is 67.1 Å². The summed E-state index contributed by atoms with van der Waals surface area (Å²) in [6.07, 6.45) is 8.16. The summed E-state index contributed by atoms with van der Waals surface area (Å²) in [4.78, 5) is 4.28. The van der Waals surface area contributed by atoms with Crippen LogP contribution in [0.1, 0.15) is 57.6 Å². The quantitative estimate of drug-likeness (QED) is 0.292. The minimum Gasteiger partial charge on any atom is -0.356 e. The van der Waals surface area contributed by atoms with Crippen molar-refractivity contribution in [1.82, 2.24) is 25.4 Å². The van der Waals surface area contributed by atoms with Gasteiger partial charge in [-0.3, -0.25) is 4.99 Å². The molecule has 0 aromatic carbocycles. The molecule has 6 nitrogen and oxygen atoms in total. The molecule has 2 rings (SSSR count). The maximum absolute atomic E-state index is 4.37. The van der Waals surface area contributed by atoms with Gasteiger partial charge in [-0.05, 0) is 31.6 Å². The molecule has 2 N–H and O–H groups in total. The predicted octanol–water partition coefficient (Wildman–Crippen LogP) is 2.77. The van der Waals surface area contributed by atoms with Crippen LogP contribution < -0.4 is 10.6 Å². The summed E-state index contributed by atoms with van der Waals surface area (Å²) in [7, 11) is 1.82. The summed E-state index contributed by atoms with van der Waals surface area (Å²) in [5, 5.41) is 15.5. The highest BCUT2D eigenvalue weighted by Gasteiger charge is 2.14. The van der Waals surface area contributed by atoms with Gasteiger partial charge in [-0.15, -0.1) is 34.2 Å². The number of fused-ring (bicyclic) bond motifs is 1. The number of aryl methyl sites for hydroxylation is 1. The Kier molecular flexibility index (Phi) is 10.3. The van der Waals surface area contributed by atoms with Crippen molar-refractivity contribution >= 4 is 29.9 Å². The van der Waals surface area contributed by atoms with Crippen molar-refractivity contribution in [2.75, 3.05) is 20.1 Å².